The molecular formula is C19H19N3O3. The lowest BCUT2D eigenvalue weighted by molar-refractivity contribution is 0.0787. The molecule has 6 nitrogen and oxygen atoms in total. The molecule has 0 radical (unpaired) electrons. The lowest BCUT2D eigenvalue weighted by Crippen LogP contribution is -2.27. The predicted molar refractivity (Wildman–Crippen MR) is 92.4 cm³/mol. The van der Waals surface area contributed by atoms with Crippen molar-refractivity contribution >= 4 is 16.8 Å². The summed E-state index contributed by atoms with van der Waals surface area (Å²) in [5.74, 6) is 0.971. The van der Waals surface area contributed by atoms with Crippen LogP contribution >= 0.6 is 0 Å². The zero-order valence-corrected chi connectivity index (χ0v) is 14.0. The number of benzene rings is 1. The molecule has 0 bridgehead atoms. The molecule has 3 aromatic rings. The second-order valence-electron chi connectivity index (χ2n) is 6.16. The molecule has 2 aromatic heterocycles. The molecule has 1 fully saturated rings. The molecule has 1 aliphatic heterocycles. The number of pyridine rings is 1. The van der Waals surface area contributed by atoms with Gasteiger partial charge in [0.15, 0.2) is 11.8 Å². The molecule has 4 rings (SSSR count). The van der Waals surface area contributed by atoms with Gasteiger partial charge in [0.2, 0.25) is 5.89 Å². The van der Waals surface area contributed by atoms with Crippen molar-refractivity contribution in [3.63, 3.8) is 0 Å². The number of oxazole rings is 1. The zero-order chi connectivity index (χ0) is 17.2. The smallest absolute Gasteiger partial charge is 0.275 e. The maximum atomic E-state index is 12.4. The highest BCUT2D eigenvalue weighted by atomic mass is 16.5. The van der Waals surface area contributed by atoms with E-state index in [4.69, 9.17) is 9.15 Å². The van der Waals surface area contributed by atoms with E-state index in [0.717, 1.165) is 36.8 Å². The quantitative estimate of drug-likeness (QED) is 0.727. The zero-order valence-electron chi connectivity index (χ0n) is 14.0. The fourth-order valence-electron chi connectivity index (χ4n) is 3.07. The Morgan fingerprint density at radius 1 is 1.24 bits per heavy atom. The Morgan fingerprint density at radius 2 is 2.04 bits per heavy atom. The normalized spacial score (nSPS) is 15.5. The molecule has 1 aromatic carbocycles. The van der Waals surface area contributed by atoms with Crippen LogP contribution in [0.3, 0.4) is 0 Å². The van der Waals surface area contributed by atoms with Gasteiger partial charge in [-0.05, 0) is 31.9 Å². The van der Waals surface area contributed by atoms with Crippen molar-refractivity contribution < 1.29 is 13.9 Å². The van der Waals surface area contributed by atoms with Crippen molar-refractivity contribution in [3.8, 4) is 5.75 Å². The number of aromatic nitrogens is 2. The molecule has 0 spiro atoms. The third-order valence-corrected chi connectivity index (χ3v) is 4.38. The summed E-state index contributed by atoms with van der Waals surface area (Å²) in [6.45, 7) is 3.42. The number of amides is 1. The summed E-state index contributed by atoms with van der Waals surface area (Å²) < 4.78 is 11.5. The summed E-state index contributed by atoms with van der Waals surface area (Å²) in [4.78, 5) is 22.9. The highest BCUT2D eigenvalue weighted by Gasteiger charge is 2.24. The first kappa shape index (κ1) is 15.6. The molecule has 0 aliphatic carbocycles. The van der Waals surface area contributed by atoms with E-state index in [1.165, 1.54) is 6.26 Å². The van der Waals surface area contributed by atoms with Crippen LogP contribution < -0.4 is 4.74 Å². The van der Waals surface area contributed by atoms with Crippen molar-refractivity contribution in [2.75, 3.05) is 13.1 Å². The Bertz CT molecular complexity index is 894. The molecule has 1 aliphatic rings. The van der Waals surface area contributed by atoms with Crippen LogP contribution in [0.2, 0.25) is 0 Å². The minimum Gasteiger partial charge on any atom is -0.479 e. The van der Waals surface area contributed by atoms with Gasteiger partial charge in [-0.3, -0.25) is 9.78 Å². The van der Waals surface area contributed by atoms with E-state index < -0.39 is 6.10 Å². The number of fused-ring (bicyclic) bond motifs is 1. The number of hydrogen-bond acceptors (Lipinski definition) is 5. The standard InChI is InChI=1S/C19H19N3O3/c1-13(25-16-8-4-6-14-7-5-9-20-17(14)16)18-21-15(12-24-18)19(23)22-10-2-3-11-22/h4-9,12-13H,2-3,10-11H2,1H3. The van der Waals surface area contributed by atoms with E-state index in [-0.39, 0.29) is 5.91 Å². The fourth-order valence-corrected chi connectivity index (χ4v) is 3.07. The third-order valence-electron chi connectivity index (χ3n) is 4.38. The fraction of sp³-hybridized carbons (Fsp3) is 0.316. The number of carbonyl (C=O) groups is 1. The molecule has 128 valence electrons. The summed E-state index contributed by atoms with van der Waals surface area (Å²) in [6, 6.07) is 9.64. The maximum Gasteiger partial charge on any atom is 0.275 e. The van der Waals surface area contributed by atoms with E-state index in [2.05, 4.69) is 9.97 Å². The molecule has 0 saturated carbocycles. The summed E-state index contributed by atoms with van der Waals surface area (Å²) in [7, 11) is 0. The lowest BCUT2D eigenvalue weighted by Gasteiger charge is -2.13. The van der Waals surface area contributed by atoms with Gasteiger partial charge in [0.05, 0.1) is 0 Å². The second-order valence-corrected chi connectivity index (χ2v) is 6.16. The molecule has 3 heterocycles. The van der Waals surface area contributed by atoms with Crippen molar-refractivity contribution in [2.45, 2.75) is 25.9 Å². The molecular weight excluding hydrogens is 318 g/mol. The van der Waals surface area contributed by atoms with Crippen molar-refractivity contribution in [2.24, 2.45) is 0 Å². The number of nitrogens with zero attached hydrogens (tertiary/aromatic N) is 3. The number of hydrogen-bond donors (Lipinski definition) is 0. The Hall–Kier alpha value is -2.89. The summed E-state index contributed by atoms with van der Waals surface area (Å²) in [6.07, 6.45) is 4.82. The predicted octanol–water partition coefficient (Wildman–Crippen LogP) is 3.60. The summed E-state index contributed by atoms with van der Waals surface area (Å²) in [5, 5.41) is 1.00. The van der Waals surface area contributed by atoms with Crippen LogP contribution in [0, 0.1) is 0 Å². The van der Waals surface area contributed by atoms with Gasteiger partial charge in [-0.15, -0.1) is 0 Å². The van der Waals surface area contributed by atoms with Crippen molar-refractivity contribution in [3.05, 3.63) is 54.4 Å². The first-order chi connectivity index (χ1) is 12.2. The molecule has 25 heavy (non-hydrogen) atoms. The van der Waals surface area contributed by atoms with Gasteiger partial charge >= 0.3 is 0 Å². The van der Waals surface area contributed by atoms with Crippen LogP contribution in [0.1, 0.15) is 42.2 Å². The Kier molecular flexibility index (Phi) is 4.09. The largest absolute Gasteiger partial charge is 0.479 e. The minimum atomic E-state index is -0.423. The average Bonchev–Trinajstić information content (AvgIpc) is 3.33. The van der Waals surface area contributed by atoms with Crippen LogP contribution in [-0.2, 0) is 0 Å². The molecule has 1 saturated heterocycles. The highest BCUT2D eigenvalue weighted by Crippen LogP contribution is 2.28. The SMILES string of the molecule is CC(Oc1cccc2cccnc12)c1nc(C(=O)N2CCCC2)co1. The van der Waals surface area contributed by atoms with E-state index >= 15 is 0 Å². The van der Waals surface area contributed by atoms with Gasteiger partial charge in [0.1, 0.15) is 17.5 Å². The van der Waals surface area contributed by atoms with Gasteiger partial charge in [0.25, 0.3) is 5.91 Å². The van der Waals surface area contributed by atoms with Gasteiger partial charge < -0.3 is 14.1 Å². The van der Waals surface area contributed by atoms with E-state index in [1.54, 1.807) is 6.20 Å². The molecule has 1 amide bonds. The highest BCUT2D eigenvalue weighted by molar-refractivity contribution is 5.92. The molecule has 6 heteroatoms. The third kappa shape index (κ3) is 3.07. The van der Waals surface area contributed by atoms with Gasteiger partial charge in [-0.25, -0.2) is 4.98 Å². The number of para-hydroxylation sites is 1. The number of carbonyl (C=O) groups excluding carboxylic acids is 1. The van der Waals surface area contributed by atoms with E-state index in [9.17, 15) is 4.79 Å². The first-order valence-electron chi connectivity index (χ1n) is 8.47. The van der Waals surface area contributed by atoms with Crippen molar-refractivity contribution in [1.82, 2.24) is 14.9 Å². The maximum absolute atomic E-state index is 12.4. The Balaban J connectivity index is 1.53. The molecule has 0 N–H and O–H groups in total. The van der Waals surface area contributed by atoms with Crippen LogP contribution in [0.4, 0.5) is 0 Å². The monoisotopic (exact) mass is 337 g/mol. The lowest BCUT2D eigenvalue weighted by atomic mass is 10.2. The van der Waals surface area contributed by atoms with Crippen LogP contribution in [-0.4, -0.2) is 33.9 Å². The number of ether oxygens (including phenoxy) is 1. The van der Waals surface area contributed by atoms with Gasteiger partial charge in [0, 0.05) is 24.7 Å². The topological polar surface area (TPSA) is 68.5 Å². The molecule has 1 unspecified atom stereocenters. The van der Waals surface area contributed by atoms with E-state index in [0.29, 0.717) is 17.3 Å². The number of rotatable bonds is 4. The minimum absolute atomic E-state index is 0.0773. The second kappa shape index (κ2) is 6.55. The average molecular weight is 337 g/mol. The van der Waals surface area contributed by atoms with Gasteiger partial charge in [-0.1, -0.05) is 18.2 Å². The summed E-state index contributed by atoms with van der Waals surface area (Å²) >= 11 is 0. The van der Waals surface area contributed by atoms with Gasteiger partial charge in [-0.2, -0.15) is 0 Å². The van der Waals surface area contributed by atoms with E-state index in [1.807, 2.05) is 42.2 Å². The first-order valence-corrected chi connectivity index (χ1v) is 8.47. The molecule has 1 atom stereocenters. The van der Waals surface area contributed by atoms with Crippen LogP contribution in [0.25, 0.3) is 10.9 Å². The van der Waals surface area contributed by atoms with Crippen molar-refractivity contribution in [1.29, 1.82) is 0 Å². The van der Waals surface area contributed by atoms with Crippen LogP contribution in [0.15, 0.2) is 47.2 Å². The number of likely N-dealkylation sites (tertiary alicyclic amines) is 1. The van der Waals surface area contributed by atoms with Crippen LogP contribution in [0.5, 0.6) is 5.75 Å². The Labute approximate surface area is 145 Å². The Morgan fingerprint density at radius 3 is 2.88 bits per heavy atom. The summed E-state index contributed by atoms with van der Waals surface area (Å²) in [5.41, 5.74) is 1.13.